The highest BCUT2D eigenvalue weighted by Gasteiger charge is 1.93. The topological polar surface area (TPSA) is 52.5 Å². The molecule has 0 saturated heterocycles. The van der Waals surface area contributed by atoms with Crippen LogP contribution in [0.5, 0.6) is 0 Å². The van der Waals surface area contributed by atoms with Crippen LogP contribution in [-0.4, -0.2) is 29.6 Å². The Labute approximate surface area is 62.1 Å². The third-order valence-corrected chi connectivity index (χ3v) is 1.28. The molecule has 0 aromatic rings. The number of hydrogen-bond donors (Lipinski definition) is 3. The number of aliphatic hydroxyl groups is 2. The van der Waals surface area contributed by atoms with Crippen LogP contribution in [0.3, 0.4) is 0 Å². The molecule has 0 aromatic heterocycles. The summed E-state index contributed by atoms with van der Waals surface area (Å²) in [5, 5.41) is 19.7. The summed E-state index contributed by atoms with van der Waals surface area (Å²) in [4.78, 5) is 0. The summed E-state index contributed by atoms with van der Waals surface area (Å²) in [6.07, 6.45) is 2.31. The van der Waals surface area contributed by atoms with Gasteiger partial charge in [-0.3, -0.25) is 0 Å². The average molecular weight is 147 g/mol. The van der Waals surface area contributed by atoms with E-state index in [9.17, 15) is 0 Å². The third-order valence-electron chi connectivity index (χ3n) is 1.28. The molecule has 0 fully saturated rings. The molecule has 0 heterocycles. The Morgan fingerprint density at radius 1 is 1.30 bits per heavy atom. The van der Waals surface area contributed by atoms with Crippen LogP contribution in [0.1, 0.15) is 26.2 Å². The Morgan fingerprint density at radius 3 is 2.50 bits per heavy atom. The smallest absolute Gasteiger partial charge is 0.164 e. The van der Waals surface area contributed by atoms with E-state index in [1.165, 1.54) is 12.8 Å². The van der Waals surface area contributed by atoms with E-state index < -0.39 is 6.29 Å². The maximum atomic E-state index is 8.40. The van der Waals surface area contributed by atoms with Gasteiger partial charge in [-0.15, -0.1) is 0 Å². The molecule has 0 amide bonds. The van der Waals surface area contributed by atoms with E-state index in [4.69, 9.17) is 10.2 Å². The minimum Gasteiger partial charge on any atom is -0.367 e. The predicted molar refractivity (Wildman–Crippen MR) is 40.6 cm³/mol. The second kappa shape index (κ2) is 6.99. The van der Waals surface area contributed by atoms with Gasteiger partial charge in [0.25, 0.3) is 0 Å². The van der Waals surface area contributed by atoms with Crippen molar-refractivity contribution in [2.45, 2.75) is 32.5 Å². The molecule has 0 rings (SSSR count). The fourth-order valence-electron chi connectivity index (χ4n) is 0.731. The molecule has 0 aliphatic rings. The molecule has 3 nitrogen and oxygen atoms in total. The second-order valence-electron chi connectivity index (χ2n) is 2.39. The molecule has 0 spiro atoms. The molecule has 0 saturated carbocycles. The lowest BCUT2D eigenvalue weighted by Gasteiger charge is -2.04. The summed E-state index contributed by atoms with van der Waals surface area (Å²) in [5.74, 6) is 0. The van der Waals surface area contributed by atoms with Crippen LogP contribution in [0.15, 0.2) is 0 Å². The molecule has 0 aliphatic carbocycles. The number of hydrogen-bond acceptors (Lipinski definition) is 3. The molecular weight excluding hydrogens is 130 g/mol. The molecule has 0 aliphatic heterocycles. The lowest BCUT2D eigenvalue weighted by Crippen LogP contribution is -2.26. The summed E-state index contributed by atoms with van der Waals surface area (Å²) in [6, 6.07) is 0. The zero-order chi connectivity index (χ0) is 7.82. The molecule has 0 unspecified atom stereocenters. The van der Waals surface area contributed by atoms with Gasteiger partial charge in [-0.25, -0.2) is 0 Å². The normalized spacial score (nSPS) is 10.8. The van der Waals surface area contributed by atoms with Gasteiger partial charge in [0.1, 0.15) is 0 Å². The predicted octanol–water partition coefficient (Wildman–Crippen LogP) is 0.0769. The van der Waals surface area contributed by atoms with Gasteiger partial charge in [-0.1, -0.05) is 19.8 Å². The van der Waals surface area contributed by atoms with Crippen molar-refractivity contribution in [3.05, 3.63) is 0 Å². The highest BCUT2D eigenvalue weighted by molar-refractivity contribution is 4.47. The zero-order valence-corrected chi connectivity index (χ0v) is 6.51. The van der Waals surface area contributed by atoms with Crippen molar-refractivity contribution in [1.29, 1.82) is 0 Å². The number of unbranched alkanes of at least 4 members (excludes halogenated alkanes) is 2. The fourth-order valence-corrected chi connectivity index (χ4v) is 0.731. The molecule has 0 atom stereocenters. The first-order valence-electron chi connectivity index (χ1n) is 3.84. The average Bonchev–Trinajstić information content (AvgIpc) is 1.87. The van der Waals surface area contributed by atoms with E-state index in [2.05, 4.69) is 12.2 Å². The van der Waals surface area contributed by atoms with Crippen LogP contribution < -0.4 is 5.32 Å². The molecule has 3 N–H and O–H groups in total. The Hall–Kier alpha value is -0.120. The maximum Gasteiger partial charge on any atom is 0.164 e. The van der Waals surface area contributed by atoms with Crippen molar-refractivity contribution in [3.63, 3.8) is 0 Å². The quantitative estimate of drug-likeness (QED) is 0.368. The van der Waals surface area contributed by atoms with Crippen molar-refractivity contribution < 1.29 is 10.2 Å². The highest BCUT2D eigenvalue weighted by Crippen LogP contribution is 1.90. The SMILES string of the molecule is CCCCCNCC(O)O. The summed E-state index contributed by atoms with van der Waals surface area (Å²) >= 11 is 0. The second-order valence-corrected chi connectivity index (χ2v) is 2.39. The van der Waals surface area contributed by atoms with Crippen LogP contribution >= 0.6 is 0 Å². The number of nitrogens with one attached hydrogen (secondary N) is 1. The van der Waals surface area contributed by atoms with E-state index in [0.717, 1.165) is 13.0 Å². The molecule has 0 aromatic carbocycles. The Kier molecular flexibility index (Phi) is 6.91. The Morgan fingerprint density at radius 2 is 2.00 bits per heavy atom. The highest BCUT2D eigenvalue weighted by atomic mass is 16.5. The van der Waals surface area contributed by atoms with Gasteiger partial charge in [0.2, 0.25) is 0 Å². The molecule has 0 bridgehead atoms. The zero-order valence-electron chi connectivity index (χ0n) is 6.51. The van der Waals surface area contributed by atoms with Crippen molar-refractivity contribution >= 4 is 0 Å². The van der Waals surface area contributed by atoms with Gasteiger partial charge in [0.15, 0.2) is 6.29 Å². The van der Waals surface area contributed by atoms with E-state index in [1.807, 2.05) is 0 Å². The molecule has 10 heavy (non-hydrogen) atoms. The number of rotatable bonds is 6. The largest absolute Gasteiger partial charge is 0.367 e. The first-order chi connectivity index (χ1) is 4.77. The van der Waals surface area contributed by atoms with Crippen molar-refractivity contribution in [3.8, 4) is 0 Å². The standard InChI is InChI=1S/C7H17NO2/c1-2-3-4-5-8-6-7(9)10/h7-10H,2-6H2,1H3. The van der Waals surface area contributed by atoms with Crippen molar-refractivity contribution in [2.75, 3.05) is 13.1 Å². The monoisotopic (exact) mass is 147 g/mol. The van der Waals surface area contributed by atoms with Gasteiger partial charge < -0.3 is 15.5 Å². The van der Waals surface area contributed by atoms with Crippen LogP contribution in [0.2, 0.25) is 0 Å². The molecular formula is C7H17NO2. The molecule has 62 valence electrons. The van der Waals surface area contributed by atoms with Crippen LogP contribution in [0.25, 0.3) is 0 Å². The van der Waals surface area contributed by atoms with E-state index in [-0.39, 0.29) is 6.54 Å². The summed E-state index contributed by atoms with van der Waals surface area (Å²) in [6.45, 7) is 3.30. The van der Waals surface area contributed by atoms with Crippen molar-refractivity contribution in [2.24, 2.45) is 0 Å². The summed E-state index contributed by atoms with van der Waals surface area (Å²) in [5.41, 5.74) is 0. The van der Waals surface area contributed by atoms with Crippen LogP contribution in [0.4, 0.5) is 0 Å². The fraction of sp³-hybridized carbons (Fsp3) is 1.00. The van der Waals surface area contributed by atoms with Gasteiger partial charge in [0, 0.05) is 6.54 Å². The number of aliphatic hydroxyl groups excluding tert-OH is 1. The van der Waals surface area contributed by atoms with E-state index >= 15 is 0 Å². The van der Waals surface area contributed by atoms with Crippen LogP contribution in [0, 0.1) is 0 Å². The first-order valence-corrected chi connectivity index (χ1v) is 3.84. The third kappa shape index (κ3) is 7.88. The van der Waals surface area contributed by atoms with E-state index in [1.54, 1.807) is 0 Å². The molecule has 3 heteroatoms. The lowest BCUT2D eigenvalue weighted by atomic mass is 10.2. The Balaban J connectivity index is 2.77. The Bertz CT molecular complexity index is 66.6. The molecule has 0 radical (unpaired) electrons. The lowest BCUT2D eigenvalue weighted by molar-refractivity contribution is -0.0370. The van der Waals surface area contributed by atoms with Gasteiger partial charge in [-0.05, 0) is 13.0 Å². The first kappa shape index (κ1) is 9.88. The summed E-state index contributed by atoms with van der Waals surface area (Å²) < 4.78 is 0. The maximum absolute atomic E-state index is 8.40. The van der Waals surface area contributed by atoms with Crippen molar-refractivity contribution in [1.82, 2.24) is 5.32 Å². The van der Waals surface area contributed by atoms with Gasteiger partial charge >= 0.3 is 0 Å². The minimum absolute atomic E-state index is 0.281. The minimum atomic E-state index is -1.21. The van der Waals surface area contributed by atoms with E-state index in [0.29, 0.717) is 0 Å². The van der Waals surface area contributed by atoms with Gasteiger partial charge in [0.05, 0.1) is 0 Å². The summed E-state index contributed by atoms with van der Waals surface area (Å²) in [7, 11) is 0. The van der Waals surface area contributed by atoms with Gasteiger partial charge in [-0.2, -0.15) is 0 Å². The van der Waals surface area contributed by atoms with Crippen LogP contribution in [-0.2, 0) is 0 Å².